The average molecular weight is 292 g/mol. The molecule has 4 nitrogen and oxygen atoms in total. The molecule has 3 rings (SSSR count). The van der Waals surface area contributed by atoms with Crippen molar-refractivity contribution < 1.29 is 9.15 Å². The van der Waals surface area contributed by atoms with Crippen molar-refractivity contribution in [3.05, 3.63) is 72.5 Å². The topological polar surface area (TPSA) is 46.8 Å². The Bertz CT molecular complexity index is 746. The Labute approximate surface area is 129 Å². The van der Waals surface area contributed by atoms with Gasteiger partial charge in [0, 0.05) is 5.56 Å². The smallest absolute Gasteiger partial charge is 0.147 e. The number of nitrogens with zero attached hydrogens (tertiary/aromatic N) is 1. The number of ether oxygens (including phenoxy) is 1. The summed E-state index contributed by atoms with van der Waals surface area (Å²) in [5.41, 5.74) is 4.88. The van der Waals surface area contributed by atoms with Crippen molar-refractivity contribution in [1.82, 2.24) is 0 Å². The predicted octanol–water partition coefficient (Wildman–Crippen LogP) is 4.40. The molecule has 3 aromatic rings. The molecule has 0 fully saturated rings. The van der Waals surface area contributed by atoms with Crippen LogP contribution >= 0.6 is 0 Å². The van der Waals surface area contributed by atoms with Gasteiger partial charge < -0.3 is 9.15 Å². The molecule has 0 saturated carbocycles. The first-order chi connectivity index (χ1) is 10.8. The van der Waals surface area contributed by atoms with Gasteiger partial charge in [0.1, 0.15) is 17.3 Å². The molecule has 0 aliphatic rings. The van der Waals surface area contributed by atoms with E-state index in [9.17, 15) is 0 Å². The van der Waals surface area contributed by atoms with Crippen molar-refractivity contribution >= 4 is 11.9 Å². The Kier molecular flexibility index (Phi) is 4.20. The van der Waals surface area contributed by atoms with Gasteiger partial charge in [0.05, 0.1) is 19.0 Å². The van der Waals surface area contributed by atoms with Crippen LogP contribution in [0.15, 0.2) is 76.2 Å². The summed E-state index contributed by atoms with van der Waals surface area (Å²) in [7, 11) is 1.65. The molecule has 0 amide bonds. The summed E-state index contributed by atoms with van der Waals surface area (Å²) in [5.74, 6) is 2.31. The molecule has 4 heteroatoms. The zero-order valence-electron chi connectivity index (χ0n) is 12.2. The van der Waals surface area contributed by atoms with Crippen molar-refractivity contribution in [2.45, 2.75) is 0 Å². The van der Waals surface area contributed by atoms with Gasteiger partial charge in [-0.15, -0.1) is 0 Å². The molecule has 2 aromatic carbocycles. The number of hydrogen-bond acceptors (Lipinski definition) is 4. The van der Waals surface area contributed by atoms with E-state index in [1.807, 2.05) is 66.7 Å². The van der Waals surface area contributed by atoms with Gasteiger partial charge in [-0.05, 0) is 48.5 Å². The highest BCUT2D eigenvalue weighted by molar-refractivity contribution is 5.78. The maximum Gasteiger partial charge on any atom is 0.147 e. The van der Waals surface area contributed by atoms with Crippen molar-refractivity contribution in [2.75, 3.05) is 12.5 Å². The monoisotopic (exact) mass is 292 g/mol. The number of hydrazone groups is 1. The number of hydrogen-bond donors (Lipinski definition) is 1. The molecule has 0 bridgehead atoms. The minimum atomic E-state index is 0.689. The fourth-order valence-corrected chi connectivity index (χ4v) is 2.02. The number of methoxy groups -OCH3 is 1. The second kappa shape index (κ2) is 6.63. The highest BCUT2D eigenvalue weighted by Gasteiger charge is 2.03. The Morgan fingerprint density at radius 1 is 0.955 bits per heavy atom. The molecule has 0 unspecified atom stereocenters. The van der Waals surface area contributed by atoms with Gasteiger partial charge in [0.15, 0.2) is 0 Å². The molecule has 22 heavy (non-hydrogen) atoms. The molecule has 1 heterocycles. The Hall–Kier alpha value is -3.01. The van der Waals surface area contributed by atoms with Crippen LogP contribution in [0.1, 0.15) is 5.76 Å². The molecule has 110 valence electrons. The molecular formula is C18H16N2O2. The van der Waals surface area contributed by atoms with E-state index in [1.165, 1.54) is 0 Å². The van der Waals surface area contributed by atoms with Crippen LogP contribution in [0, 0.1) is 0 Å². The maximum absolute atomic E-state index is 5.75. The maximum atomic E-state index is 5.75. The van der Waals surface area contributed by atoms with E-state index in [2.05, 4.69) is 10.5 Å². The lowest BCUT2D eigenvalue weighted by atomic mass is 10.2. The molecule has 0 radical (unpaired) electrons. The Morgan fingerprint density at radius 3 is 2.45 bits per heavy atom. The van der Waals surface area contributed by atoms with E-state index in [-0.39, 0.29) is 0 Å². The minimum Gasteiger partial charge on any atom is -0.497 e. The Morgan fingerprint density at radius 2 is 1.73 bits per heavy atom. The first-order valence-electron chi connectivity index (χ1n) is 6.93. The van der Waals surface area contributed by atoms with Crippen LogP contribution in [-0.4, -0.2) is 13.3 Å². The summed E-state index contributed by atoms with van der Waals surface area (Å²) in [6.45, 7) is 0. The van der Waals surface area contributed by atoms with Crippen molar-refractivity contribution in [3.63, 3.8) is 0 Å². The quantitative estimate of drug-likeness (QED) is 0.560. The fraction of sp³-hybridized carbons (Fsp3) is 0.0556. The SMILES string of the molecule is COc1ccc(-c2ccc(/C=N\Nc3ccccc3)o2)cc1. The van der Waals surface area contributed by atoms with E-state index in [1.54, 1.807) is 13.3 Å². The van der Waals surface area contributed by atoms with Gasteiger partial charge in [-0.25, -0.2) is 0 Å². The summed E-state index contributed by atoms with van der Waals surface area (Å²) >= 11 is 0. The normalized spacial score (nSPS) is 10.8. The van der Waals surface area contributed by atoms with E-state index in [0.717, 1.165) is 22.8 Å². The molecular weight excluding hydrogens is 276 g/mol. The van der Waals surface area contributed by atoms with Gasteiger partial charge in [-0.3, -0.25) is 5.43 Å². The molecule has 0 aliphatic carbocycles. The average Bonchev–Trinajstić information content (AvgIpc) is 3.05. The van der Waals surface area contributed by atoms with Crippen LogP contribution in [-0.2, 0) is 0 Å². The lowest BCUT2D eigenvalue weighted by molar-refractivity contribution is 0.415. The third-order valence-corrected chi connectivity index (χ3v) is 3.16. The van der Waals surface area contributed by atoms with Crippen molar-refractivity contribution in [2.24, 2.45) is 5.10 Å². The van der Waals surface area contributed by atoms with Crippen molar-refractivity contribution in [1.29, 1.82) is 0 Å². The number of nitrogens with one attached hydrogen (secondary N) is 1. The highest BCUT2D eigenvalue weighted by atomic mass is 16.5. The van der Waals surface area contributed by atoms with Gasteiger partial charge in [-0.2, -0.15) is 5.10 Å². The fourth-order valence-electron chi connectivity index (χ4n) is 2.02. The summed E-state index contributed by atoms with van der Waals surface area (Å²) in [6.07, 6.45) is 1.65. The lowest BCUT2D eigenvalue weighted by Gasteiger charge is -2.00. The highest BCUT2D eigenvalue weighted by Crippen LogP contribution is 2.23. The van der Waals surface area contributed by atoms with E-state index in [0.29, 0.717) is 5.76 Å². The molecule has 1 N–H and O–H groups in total. The summed E-state index contributed by atoms with van der Waals surface area (Å²) in [6, 6.07) is 21.3. The van der Waals surface area contributed by atoms with Gasteiger partial charge in [-0.1, -0.05) is 18.2 Å². The zero-order chi connectivity index (χ0) is 15.2. The Balaban J connectivity index is 1.68. The van der Waals surface area contributed by atoms with Crippen LogP contribution < -0.4 is 10.2 Å². The van der Waals surface area contributed by atoms with Crippen LogP contribution in [0.5, 0.6) is 5.75 Å². The molecule has 0 spiro atoms. The number of rotatable bonds is 5. The molecule has 1 aromatic heterocycles. The summed E-state index contributed by atoms with van der Waals surface area (Å²) in [5, 5.41) is 4.16. The molecule has 0 atom stereocenters. The van der Waals surface area contributed by atoms with Crippen molar-refractivity contribution in [3.8, 4) is 17.1 Å². The second-order valence-corrected chi connectivity index (χ2v) is 4.67. The molecule has 0 aliphatic heterocycles. The van der Waals surface area contributed by atoms with Crippen LogP contribution in [0.4, 0.5) is 5.69 Å². The number of para-hydroxylation sites is 1. The van der Waals surface area contributed by atoms with E-state index < -0.39 is 0 Å². The van der Waals surface area contributed by atoms with Crippen LogP contribution in [0.25, 0.3) is 11.3 Å². The predicted molar refractivity (Wildman–Crippen MR) is 88.4 cm³/mol. The number of benzene rings is 2. The lowest BCUT2D eigenvalue weighted by Crippen LogP contribution is -1.88. The molecule has 0 saturated heterocycles. The number of anilines is 1. The van der Waals surface area contributed by atoms with Gasteiger partial charge >= 0.3 is 0 Å². The minimum absolute atomic E-state index is 0.689. The summed E-state index contributed by atoms with van der Waals surface area (Å²) in [4.78, 5) is 0. The summed E-state index contributed by atoms with van der Waals surface area (Å²) < 4.78 is 10.9. The van der Waals surface area contributed by atoms with E-state index >= 15 is 0 Å². The third kappa shape index (κ3) is 3.35. The standard InChI is InChI=1S/C18H16N2O2/c1-21-16-9-7-14(8-10-16)18-12-11-17(22-18)13-19-20-15-5-3-2-4-6-15/h2-13,20H,1H3/b19-13-. The van der Waals surface area contributed by atoms with Crippen LogP contribution in [0.3, 0.4) is 0 Å². The van der Waals surface area contributed by atoms with Gasteiger partial charge in [0.2, 0.25) is 0 Å². The van der Waals surface area contributed by atoms with Gasteiger partial charge in [0.25, 0.3) is 0 Å². The largest absolute Gasteiger partial charge is 0.497 e. The van der Waals surface area contributed by atoms with E-state index in [4.69, 9.17) is 9.15 Å². The third-order valence-electron chi connectivity index (χ3n) is 3.16. The number of furan rings is 1. The zero-order valence-corrected chi connectivity index (χ0v) is 12.2. The first kappa shape index (κ1) is 13.9. The van der Waals surface area contributed by atoms with Crippen LogP contribution in [0.2, 0.25) is 0 Å². The second-order valence-electron chi connectivity index (χ2n) is 4.67. The first-order valence-corrected chi connectivity index (χ1v) is 6.93.